The van der Waals surface area contributed by atoms with Gasteiger partial charge in [-0.25, -0.2) is 4.52 Å². The molecule has 4 aromatic rings. The molecular weight excluding hydrogens is 338 g/mol. The third-order valence-corrected chi connectivity index (χ3v) is 4.53. The Balaban J connectivity index is 1.62. The lowest BCUT2D eigenvalue weighted by molar-refractivity contribution is 0.296. The third-order valence-electron chi connectivity index (χ3n) is 3.72. The smallest absolute Gasteiger partial charge is 0.212 e. The van der Waals surface area contributed by atoms with Crippen LogP contribution in [0.4, 0.5) is 0 Å². The number of hydrogen-bond acceptors (Lipinski definition) is 6. The van der Waals surface area contributed by atoms with E-state index in [-0.39, 0.29) is 12.4 Å². The molecular formula is C18H15N3O3S. The van der Waals surface area contributed by atoms with Crippen molar-refractivity contribution in [2.75, 3.05) is 7.11 Å². The fourth-order valence-electron chi connectivity index (χ4n) is 2.49. The van der Waals surface area contributed by atoms with Crippen LogP contribution in [0.15, 0.2) is 53.9 Å². The molecule has 25 heavy (non-hydrogen) atoms. The van der Waals surface area contributed by atoms with Gasteiger partial charge < -0.3 is 14.6 Å². The number of ether oxygens (including phenoxy) is 2. The molecule has 0 aliphatic rings. The first-order valence-electron chi connectivity index (χ1n) is 7.63. The molecule has 0 radical (unpaired) electrons. The molecule has 0 fully saturated rings. The van der Waals surface area contributed by atoms with Gasteiger partial charge in [-0.1, -0.05) is 18.2 Å². The monoisotopic (exact) mass is 353 g/mol. The van der Waals surface area contributed by atoms with Crippen LogP contribution in [0.1, 0.15) is 5.82 Å². The van der Waals surface area contributed by atoms with Crippen molar-refractivity contribution in [1.82, 2.24) is 14.6 Å². The van der Waals surface area contributed by atoms with Crippen molar-refractivity contribution >= 4 is 16.3 Å². The van der Waals surface area contributed by atoms with Crippen molar-refractivity contribution in [3.8, 4) is 28.5 Å². The van der Waals surface area contributed by atoms with Crippen molar-refractivity contribution in [2.45, 2.75) is 6.61 Å². The topological polar surface area (TPSA) is 68.9 Å². The molecule has 0 saturated carbocycles. The second-order valence-electron chi connectivity index (χ2n) is 5.33. The van der Waals surface area contributed by atoms with Crippen molar-refractivity contribution in [1.29, 1.82) is 0 Å². The number of para-hydroxylation sites is 1. The molecule has 126 valence electrons. The highest BCUT2D eigenvalue weighted by Crippen LogP contribution is 2.34. The maximum absolute atomic E-state index is 10.3. The molecule has 0 atom stereocenters. The first kappa shape index (κ1) is 15.5. The van der Waals surface area contributed by atoms with Gasteiger partial charge in [-0.2, -0.15) is 4.98 Å². The van der Waals surface area contributed by atoms with Gasteiger partial charge in [-0.3, -0.25) is 0 Å². The zero-order chi connectivity index (χ0) is 17.2. The molecule has 7 heteroatoms. The minimum atomic E-state index is 0.136. The highest BCUT2D eigenvalue weighted by molar-refractivity contribution is 7.15. The zero-order valence-electron chi connectivity index (χ0n) is 13.4. The van der Waals surface area contributed by atoms with Gasteiger partial charge in [0, 0.05) is 17.0 Å². The average Bonchev–Trinajstić information content (AvgIpc) is 3.21. The highest BCUT2D eigenvalue weighted by Gasteiger charge is 2.15. The van der Waals surface area contributed by atoms with Gasteiger partial charge in [-0.05, 0) is 24.3 Å². The molecule has 0 aliphatic heterocycles. The van der Waals surface area contributed by atoms with E-state index in [1.807, 2.05) is 35.7 Å². The summed E-state index contributed by atoms with van der Waals surface area (Å²) in [6.07, 6.45) is 0. The summed E-state index contributed by atoms with van der Waals surface area (Å²) >= 11 is 1.46. The molecule has 0 spiro atoms. The molecule has 0 aliphatic carbocycles. The maximum atomic E-state index is 10.3. The van der Waals surface area contributed by atoms with Crippen molar-refractivity contribution in [3.63, 3.8) is 0 Å². The van der Waals surface area contributed by atoms with Crippen molar-refractivity contribution in [2.24, 2.45) is 0 Å². The van der Waals surface area contributed by atoms with Crippen LogP contribution in [0, 0.1) is 0 Å². The van der Waals surface area contributed by atoms with E-state index in [9.17, 15) is 5.11 Å². The Labute approximate surface area is 147 Å². The number of thiazole rings is 1. The fourth-order valence-corrected chi connectivity index (χ4v) is 3.33. The number of benzene rings is 2. The second kappa shape index (κ2) is 6.45. The van der Waals surface area contributed by atoms with Gasteiger partial charge in [0.05, 0.1) is 12.8 Å². The number of methoxy groups -OCH3 is 1. The molecule has 4 rings (SSSR count). The summed E-state index contributed by atoms with van der Waals surface area (Å²) in [5.74, 6) is 2.10. The average molecular weight is 353 g/mol. The molecule has 6 nitrogen and oxygen atoms in total. The molecule has 2 aromatic carbocycles. The number of phenols is 1. The number of fused-ring (bicyclic) bond motifs is 1. The summed E-state index contributed by atoms with van der Waals surface area (Å²) in [6, 6.07) is 14.7. The van der Waals surface area contributed by atoms with E-state index in [1.54, 1.807) is 29.8 Å². The van der Waals surface area contributed by atoms with E-state index < -0.39 is 0 Å². The summed E-state index contributed by atoms with van der Waals surface area (Å²) in [6.45, 7) is 0.284. The quantitative estimate of drug-likeness (QED) is 0.592. The predicted molar refractivity (Wildman–Crippen MR) is 95.3 cm³/mol. The van der Waals surface area contributed by atoms with Crippen LogP contribution >= 0.6 is 11.3 Å². The van der Waals surface area contributed by atoms with E-state index in [0.29, 0.717) is 17.1 Å². The standard InChI is InChI=1S/C18H15N3O3S/c1-23-13-7-8-14(16(22)9-13)15-11-25-18-19-17(20-21(15)18)10-24-12-5-3-2-4-6-12/h2-9,11,22H,10H2,1H3. The number of hydrogen-bond donors (Lipinski definition) is 1. The van der Waals surface area contributed by atoms with Gasteiger partial charge in [0.25, 0.3) is 0 Å². The summed E-state index contributed by atoms with van der Waals surface area (Å²) < 4.78 is 12.5. The molecule has 0 bridgehead atoms. The Kier molecular flexibility index (Phi) is 3.99. The van der Waals surface area contributed by atoms with Gasteiger partial charge in [0.15, 0.2) is 5.82 Å². The van der Waals surface area contributed by atoms with Crippen LogP contribution in [-0.4, -0.2) is 26.8 Å². The third kappa shape index (κ3) is 3.01. The SMILES string of the molecule is COc1ccc(-c2csc3nc(COc4ccccc4)nn23)c(O)c1. The van der Waals surface area contributed by atoms with E-state index in [4.69, 9.17) is 9.47 Å². The van der Waals surface area contributed by atoms with Gasteiger partial charge >= 0.3 is 0 Å². The lowest BCUT2D eigenvalue weighted by Crippen LogP contribution is -1.98. The van der Waals surface area contributed by atoms with Crippen LogP contribution in [0.3, 0.4) is 0 Å². The van der Waals surface area contributed by atoms with Gasteiger partial charge in [-0.15, -0.1) is 16.4 Å². The van der Waals surface area contributed by atoms with E-state index >= 15 is 0 Å². The van der Waals surface area contributed by atoms with Crippen molar-refractivity contribution in [3.05, 3.63) is 59.7 Å². The van der Waals surface area contributed by atoms with Crippen LogP contribution in [0.5, 0.6) is 17.2 Å². The van der Waals surface area contributed by atoms with Gasteiger partial charge in [0.2, 0.25) is 4.96 Å². The second-order valence-corrected chi connectivity index (χ2v) is 6.16. The number of phenolic OH excluding ortho intramolecular Hbond substituents is 1. The molecule has 2 aromatic heterocycles. The Bertz CT molecular complexity index is 1010. The maximum Gasteiger partial charge on any atom is 0.212 e. The normalized spacial score (nSPS) is 10.9. The number of aromatic nitrogens is 3. The summed E-state index contributed by atoms with van der Waals surface area (Å²) in [5, 5.41) is 16.7. The Morgan fingerprint density at radius 1 is 1.12 bits per heavy atom. The number of nitrogens with zero attached hydrogens (tertiary/aromatic N) is 3. The van der Waals surface area contributed by atoms with Crippen LogP contribution in [0.2, 0.25) is 0 Å². The summed E-state index contributed by atoms with van der Waals surface area (Å²) in [7, 11) is 1.56. The van der Waals surface area contributed by atoms with E-state index in [0.717, 1.165) is 16.4 Å². The summed E-state index contributed by atoms with van der Waals surface area (Å²) in [5.41, 5.74) is 1.45. The molecule has 0 unspecified atom stereocenters. The largest absolute Gasteiger partial charge is 0.507 e. The minimum Gasteiger partial charge on any atom is -0.507 e. The number of aromatic hydroxyl groups is 1. The fraction of sp³-hybridized carbons (Fsp3) is 0.111. The summed E-state index contributed by atoms with van der Waals surface area (Å²) in [4.78, 5) is 5.22. The molecule has 1 N–H and O–H groups in total. The lowest BCUT2D eigenvalue weighted by Gasteiger charge is -2.05. The van der Waals surface area contributed by atoms with Crippen LogP contribution in [0.25, 0.3) is 16.2 Å². The van der Waals surface area contributed by atoms with E-state index in [2.05, 4.69) is 10.1 Å². The van der Waals surface area contributed by atoms with Crippen LogP contribution in [-0.2, 0) is 6.61 Å². The lowest BCUT2D eigenvalue weighted by atomic mass is 10.1. The first-order chi connectivity index (χ1) is 12.2. The Hall–Kier alpha value is -3.06. The highest BCUT2D eigenvalue weighted by atomic mass is 32.1. The van der Waals surface area contributed by atoms with Crippen LogP contribution < -0.4 is 9.47 Å². The zero-order valence-corrected chi connectivity index (χ0v) is 14.2. The number of rotatable bonds is 5. The van der Waals surface area contributed by atoms with Gasteiger partial charge in [0.1, 0.15) is 23.9 Å². The Morgan fingerprint density at radius 2 is 1.96 bits per heavy atom. The van der Waals surface area contributed by atoms with E-state index in [1.165, 1.54) is 11.3 Å². The molecule has 2 heterocycles. The molecule has 0 saturated heterocycles. The van der Waals surface area contributed by atoms with Crippen molar-refractivity contribution < 1.29 is 14.6 Å². The minimum absolute atomic E-state index is 0.136. The Morgan fingerprint density at radius 3 is 2.72 bits per heavy atom. The predicted octanol–water partition coefficient (Wildman–Crippen LogP) is 3.75. The first-order valence-corrected chi connectivity index (χ1v) is 8.51. The molecule has 0 amide bonds.